The minimum Gasteiger partial charge on any atom is -0.364 e. The number of nitrogens with one attached hydrogen (secondary N) is 1. The lowest BCUT2D eigenvalue weighted by Crippen LogP contribution is -2.10. The average molecular weight is 284 g/mol. The van der Waals surface area contributed by atoms with Crippen molar-refractivity contribution < 1.29 is 4.92 Å². The highest BCUT2D eigenvalue weighted by molar-refractivity contribution is 6.28. The zero-order valence-corrected chi connectivity index (χ0v) is 10.7. The highest BCUT2D eigenvalue weighted by Gasteiger charge is 2.16. The third-order valence-electron chi connectivity index (χ3n) is 2.22. The van der Waals surface area contributed by atoms with Gasteiger partial charge < -0.3 is 5.32 Å². The maximum absolute atomic E-state index is 10.8. The molecule has 0 aliphatic heterocycles. The lowest BCUT2D eigenvalue weighted by Gasteiger charge is -2.04. The van der Waals surface area contributed by atoms with Crippen LogP contribution in [0.2, 0.25) is 5.28 Å². The number of anilines is 1. The number of nitro groups is 1. The molecule has 0 aromatic carbocycles. The van der Waals surface area contributed by atoms with E-state index in [2.05, 4.69) is 25.4 Å². The molecule has 0 saturated heterocycles. The molecule has 0 aliphatic rings. The van der Waals surface area contributed by atoms with E-state index < -0.39 is 4.92 Å². The first-order chi connectivity index (χ1) is 9.06. The molecule has 2 aromatic rings. The van der Waals surface area contributed by atoms with Crippen molar-refractivity contribution in [2.75, 3.05) is 11.9 Å². The zero-order chi connectivity index (χ0) is 13.8. The Kier molecular flexibility index (Phi) is 3.85. The molecule has 9 nitrogen and oxygen atoms in total. The number of hydrogen-bond acceptors (Lipinski definition) is 7. The molecule has 2 rings (SSSR count). The second kappa shape index (κ2) is 5.57. The number of rotatable bonds is 5. The summed E-state index contributed by atoms with van der Waals surface area (Å²) in [5.74, 6) is 0.721. The molecule has 0 fully saturated rings. The summed E-state index contributed by atoms with van der Waals surface area (Å²) in [6, 6.07) is 0. The Hall–Kier alpha value is -2.29. The van der Waals surface area contributed by atoms with Gasteiger partial charge in [-0.25, -0.2) is 9.97 Å². The van der Waals surface area contributed by atoms with Crippen molar-refractivity contribution in [3.05, 3.63) is 33.7 Å². The van der Waals surface area contributed by atoms with Crippen LogP contribution in [0.15, 0.2) is 12.5 Å². The van der Waals surface area contributed by atoms with Gasteiger partial charge in [-0.1, -0.05) is 0 Å². The van der Waals surface area contributed by atoms with Crippen molar-refractivity contribution in [3.8, 4) is 0 Å². The lowest BCUT2D eigenvalue weighted by molar-refractivity contribution is -0.384. The Labute approximate surface area is 112 Å². The standard InChI is InChI=1S/C9H10ClN7O2/c1-16-5-13-7(15-16)2-3-11-8-6(17(18)19)4-12-9(10)14-8/h4-5H,2-3H2,1H3,(H,11,12,14). The first-order valence-electron chi connectivity index (χ1n) is 5.31. The summed E-state index contributed by atoms with van der Waals surface area (Å²) in [6.07, 6.45) is 3.16. The fourth-order valence-corrected chi connectivity index (χ4v) is 1.54. The molecular weight excluding hydrogens is 274 g/mol. The lowest BCUT2D eigenvalue weighted by atomic mass is 10.4. The van der Waals surface area contributed by atoms with Gasteiger partial charge in [0.15, 0.2) is 5.82 Å². The van der Waals surface area contributed by atoms with Gasteiger partial charge >= 0.3 is 5.69 Å². The molecule has 0 aliphatic carbocycles. The maximum atomic E-state index is 10.8. The third kappa shape index (κ3) is 3.35. The Morgan fingerprint density at radius 2 is 2.32 bits per heavy atom. The van der Waals surface area contributed by atoms with Gasteiger partial charge in [0.2, 0.25) is 11.1 Å². The summed E-state index contributed by atoms with van der Waals surface area (Å²) in [7, 11) is 1.76. The minimum absolute atomic E-state index is 0.0518. The van der Waals surface area contributed by atoms with Crippen LogP contribution < -0.4 is 5.32 Å². The predicted octanol–water partition coefficient (Wildman–Crippen LogP) is 0.821. The monoisotopic (exact) mass is 283 g/mol. The van der Waals surface area contributed by atoms with Crippen molar-refractivity contribution in [3.63, 3.8) is 0 Å². The predicted molar refractivity (Wildman–Crippen MR) is 66.9 cm³/mol. The highest BCUT2D eigenvalue weighted by Crippen LogP contribution is 2.21. The summed E-state index contributed by atoms with van der Waals surface area (Å²) in [5, 5.41) is 17.6. The molecule has 0 atom stereocenters. The van der Waals surface area contributed by atoms with Crippen LogP contribution in [0.25, 0.3) is 0 Å². The number of aromatic nitrogens is 5. The van der Waals surface area contributed by atoms with E-state index in [9.17, 15) is 10.1 Å². The molecule has 0 radical (unpaired) electrons. The fourth-order valence-electron chi connectivity index (χ4n) is 1.41. The fraction of sp³-hybridized carbons (Fsp3) is 0.333. The Morgan fingerprint density at radius 3 is 2.95 bits per heavy atom. The average Bonchev–Trinajstić information content (AvgIpc) is 2.75. The van der Waals surface area contributed by atoms with Crippen LogP contribution in [0.3, 0.4) is 0 Å². The van der Waals surface area contributed by atoms with Gasteiger partial charge in [0.1, 0.15) is 12.5 Å². The van der Waals surface area contributed by atoms with Crippen LogP contribution in [-0.2, 0) is 13.5 Å². The van der Waals surface area contributed by atoms with E-state index in [1.165, 1.54) is 0 Å². The highest BCUT2D eigenvalue weighted by atomic mass is 35.5. The van der Waals surface area contributed by atoms with Gasteiger partial charge in [0.25, 0.3) is 0 Å². The van der Waals surface area contributed by atoms with Gasteiger partial charge in [-0.2, -0.15) is 10.1 Å². The van der Waals surface area contributed by atoms with Gasteiger partial charge in [-0.3, -0.25) is 14.8 Å². The zero-order valence-electron chi connectivity index (χ0n) is 9.95. The van der Waals surface area contributed by atoms with Crippen LogP contribution >= 0.6 is 11.6 Å². The first kappa shape index (κ1) is 13.1. The summed E-state index contributed by atoms with van der Waals surface area (Å²) < 4.78 is 1.58. The third-order valence-corrected chi connectivity index (χ3v) is 2.41. The minimum atomic E-state index is -0.572. The van der Waals surface area contributed by atoms with E-state index in [0.29, 0.717) is 18.8 Å². The summed E-state index contributed by atoms with van der Waals surface area (Å²) in [4.78, 5) is 21.6. The number of halogens is 1. The topological polar surface area (TPSA) is 112 Å². The number of nitrogens with zero attached hydrogens (tertiary/aromatic N) is 6. The molecule has 0 saturated carbocycles. The summed E-state index contributed by atoms with van der Waals surface area (Å²) in [6.45, 7) is 0.401. The van der Waals surface area contributed by atoms with Crippen LogP contribution in [0.4, 0.5) is 11.5 Å². The van der Waals surface area contributed by atoms with Crippen molar-refractivity contribution in [2.24, 2.45) is 7.05 Å². The number of aryl methyl sites for hydroxylation is 1. The molecule has 2 heterocycles. The Morgan fingerprint density at radius 1 is 1.53 bits per heavy atom. The Balaban J connectivity index is 2.02. The van der Waals surface area contributed by atoms with Crippen molar-refractivity contribution in [1.29, 1.82) is 0 Å². The van der Waals surface area contributed by atoms with E-state index in [1.807, 2.05) is 0 Å². The molecular formula is C9H10ClN7O2. The molecule has 100 valence electrons. The molecule has 1 N–H and O–H groups in total. The van der Waals surface area contributed by atoms with Crippen molar-refractivity contribution in [2.45, 2.75) is 6.42 Å². The van der Waals surface area contributed by atoms with E-state index in [0.717, 1.165) is 6.20 Å². The quantitative estimate of drug-likeness (QED) is 0.491. The molecule has 0 unspecified atom stereocenters. The first-order valence-corrected chi connectivity index (χ1v) is 5.69. The molecule has 2 aromatic heterocycles. The van der Waals surface area contributed by atoms with E-state index in [-0.39, 0.29) is 16.8 Å². The largest absolute Gasteiger partial charge is 0.364 e. The van der Waals surface area contributed by atoms with E-state index in [4.69, 9.17) is 11.6 Å². The Bertz CT molecular complexity index is 600. The second-order valence-electron chi connectivity index (χ2n) is 3.64. The van der Waals surface area contributed by atoms with Gasteiger partial charge in [0, 0.05) is 20.0 Å². The summed E-state index contributed by atoms with van der Waals surface area (Å²) >= 11 is 5.61. The van der Waals surface area contributed by atoms with Crippen LogP contribution in [-0.4, -0.2) is 36.2 Å². The van der Waals surface area contributed by atoms with Gasteiger partial charge in [0.05, 0.1) is 4.92 Å². The molecule has 0 amide bonds. The molecule has 0 bridgehead atoms. The second-order valence-corrected chi connectivity index (χ2v) is 3.98. The van der Waals surface area contributed by atoms with Crippen LogP contribution in [0.5, 0.6) is 0 Å². The van der Waals surface area contributed by atoms with Crippen molar-refractivity contribution >= 4 is 23.1 Å². The SMILES string of the molecule is Cn1cnc(CCNc2nc(Cl)ncc2[N+](=O)[O-])n1. The normalized spacial score (nSPS) is 10.4. The molecule has 10 heteroatoms. The summed E-state index contributed by atoms with van der Waals surface area (Å²) in [5.41, 5.74) is -0.224. The van der Waals surface area contributed by atoms with E-state index in [1.54, 1.807) is 18.1 Å². The maximum Gasteiger partial charge on any atom is 0.329 e. The van der Waals surface area contributed by atoms with Gasteiger partial charge in [-0.05, 0) is 11.6 Å². The van der Waals surface area contributed by atoms with Crippen molar-refractivity contribution in [1.82, 2.24) is 24.7 Å². The smallest absolute Gasteiger partial charge is 0.329 e. The molecule has 0 spiro atoms. The number of hydrogen-bond donors (Lipinski definition) is 1. The van der Waals surface area contributed by atoms with E-state index >= 15 is 0 Å². The van der Waals surface area contributed by atoms with Crippen LogP contribution in [0, 0.1) is 10.1 Å². The van der Waals surface area contributed by atoms with Crippen LogP contribution in [0.1, 0.15) is 5.82 Å². The molecule has 19 heavy (non-hydrogen) atoms. The van der Waals surface area contributed by atoms with Gasteiger partial charge in [-0.15, -0.1) is 0 Å².